The van der Waals surface area contributed by atoms with Crippen molar-refractivity contribution in [1.29, 1.82) is 0 Å². The van der Waals surface area contributed by atoms with Gasteiger partial charge in [0, 0.05) is 37.3 Å². The molecule has 0 bridgehead atoms. The van der Waals surface area contributed by atoms with Gasteiger partial charge in [0.2, 0.25) is 10.0 Å². The zero-order valence-corrected chi connectivity index (χ0v) is 15.7. The molecule has 2 heterocycles. The van der Waals surface area contributed by atoms with E-state index in [1.165, 1.54) is 11.2 Å². The van der Waals surface area contributed by atoms with Crippen molar-refractivity contribution < 1.29 is 22.7 Å². The molecular weight excluding hydrogens is 356 g/mol. The summed E-state index contributed by atoms with van der Waals surface area (Å²) in [5.74, 6) is -0.249. The maximum absolute atomic E-state index is 12.9. The molecule has 26 heavy (non-hydrogen) atoms. The third kappa shape index (κ3) is 3.97. The molecule has 0 unspecified atom stereocenters. The number of carbonyl (C=O) groups is 2. The second-order valence-electron chi connectivity index (χ2n) is 6.71. The predicted octanol–water partition coefficient (Wildman–Crippen LogP) is 1.16. The van der Waals surface area contributed by atoms with Crippen molar-refractivity contribution in [3.8, 4) is 0 Å². The standard InChI is InChI=1S/C18H24N2O5S/c1-14(21)15-4-6-16(7-5-15)18(22)19-8-2-3-17(13-19)26(23,24)20-9-11-25-12-10-20/h4-7,17H,2-3,8-13H2,1H3/t17-/m0/s1. The van der Waals surface area contributed by atoms with Crippen LogP contribution in [0.3, 0.4) is 0 Å². The van der Waals surface area contributed by atoms with Crippen molar-refractivity contribution in [1.82, 2.24) is 9.21 Å². The van der Waals surface area contributed by atoms with Gasteiger partial charge in [-0.05, 0) is 31.9 Å². The summed E-state index contributed by atoms with van der Waals surface area (Å²) in [6.07, 6.45) is 1.22. The van der Waals surface area contributed by atoms with Gasteiger partial charge in [0.15, 0.2) is 5.78 Å². The smallest absolute Gasteiger partial charge is 0.253 e. The van der Waals surface area contributed by atoms with Gasteiger partial charge in [0.05, 0.1) is 18.5 Å². The van der Waals surface area contributed by atoms with Crippen LogP contribution in [-0.4, -0.2) is 74.0 Å². The number of amides is 1. The number of ketones is 1. The molecule has 1 atom stereocenters. The average Bonchev–Trinajstić information content (AvgIpc) is 2.68. The van der Waals surface area contributed by atoms with Gasteiger partial charge < -0.3 is 9.64 Å². The molecule has 0 aromatic heterocycles. The largest absolute Gasteiger partial charge is 0.379 e. The summed E-state index contributed by atoms with van der Waals surface area (Å²) in [4.78, 5) is 25.7. The van der Waals surface area contributed by atoms with E-state index in [4.69, 9.17) is 4.74 Å². The van der Waals surface area contributed by atoms with Gasteiger partial charge in [-0.15, -0.1) is 0 Å². The number of benzene rings is 1. The number of ether oxygens (including phenoxy) is 1. The van der Waals surface area contributed by atoms with E-state index in [1.807, 2.05) is 0 Å². The first-order valence-corrected chi connectivity index (χ1v) is 10.4. The second kappa shape index (κ2) is 7.85. The lowest BCUT2D eigenvalue weighted by Crippen LogP contribution is -2.51. The van der Waals surface area contributed by atoms with Gasteiger partial charge in [-0.3, -0.25) is 9.59 Å². The highest BCUT2D eigenvalue weighted by Crippen LogP contribution is 2.22. The quantitative estimate of drug-likeness (QED) is 0.732. The fraction of sp³-hybridized carbons (Fsp3) is 0.556. The zero-order valence-electron chi connectivity index (χ0n) is 14.9. The van der Waals surface area contributed by atoms with Crippen molar-refractivity contribution in [2.24, 2.45) is 0 Å². The molecule has 0 aliphatic carbocycles. The summed E-state index contributed by atoms with van der Waals surface area (Å²) in [6, 6.07) is 6.50. The summed E-state index contributed by atoms with van der Waals surface area (Å²) >= 11 is 0. The Labute approximate surface area is 154 Å². The van der Waals surface area contributed by atoms with Gasteiger partial charge in [0.25, 0.3) is 5.91 Å². The minimum atomic E-state index is -3.44. The minimum absolute atomic E-state index is 0.0568. The number of nitrogens with zero attached hydrogens (tertiary/aromatic N) is 2. The van der Waals surface area contributed by atoms with E-state index in [9.17, 15) is 18.0 Å². The summed E-state index contributed by atoms with van der Waals surface area (Å²) in [6.45, 7) is 3.80. The molecule has 1 aromatic carbocycles. The zero-order chi connectivity index (χ0) is 18.7. The Kier molecular flexibility index (Phi) is 5.74. The number of sulfonamides is 1. The molecule has 8 heteroatoms. The van der Waals surface area contributed by atoms with Crippen LogP contribution in [0.1, 0.15) is 40.5 Å². The van der Waals surface area contributed by atoms with Crippen molar-refractivity contribution >= 4 is 21.7 Å². The Morgan fingerprint density at radius 1 is 1.04 bits per heavy atom. The Morgan fingerprint density at radius 3 is 2.27 bits per heavy atom. The summed E-state index contributed by atoms with van der Waals surface area (Å²) in [5.41, 5.74) is 1.02. The lowest BCUT2D eigenvalue weighted by molar-refractivity contribution is 0.0685. The Balaban J connectivity index is 1.71. The van der Waals surface area contributed by atoms with Crippen LogP contribution in [0.5, 0.6) is 0 Å². The van der Waals surface area contributed by atoms with Gasteiger partial charge in [-0.1, -0.05) is 12.1 Å². The summed E-state index contributed by atoms with van der Waals surface area (Å²) in [7, 11) is -3.44. The van der Waals surface area contributed by atoms with Gasteiger partial charge in [-0.2, -0.15) is 4.31 Å². The Hall–Kier alpha value is -1.77. The van der Waals surface area contributed by atoms with Gasteiger partial charge in [0.1, 0.15) is 0 Å². The molecule has 1 amide bonds. The fourth-order valence-corrected chi connectivity index (χ4v) is 5.32. The molecule has 2 aliphatic heterocycles. The van der Waals surface area contributed by atoms with Crippen LogP contribution in [0.4, 0.5) is 0 Å². The molecule has 2 fully saturated rings. The van der Waals surface area contributed by atoms with E-state index in [-0.39, 0.29) is 18.2 Å². The lowest BCUT2D eigenvalue weighted by atomic mass is 10.1. The summed E-state index contributed by atoms with van der Waals surface area (Å²) in [5, 5.41) is -0.574. The molecule has 7 nitrogen and oxygen atoms in total. The molecule has 3 rings (SSSR count). The van der Waals surface area contributed by atoms with Crippen LogP contribution in [0.2, 0.25) is 0 Å². The molecule has 2 aliphatic rings. The van der Waals surface area contributed by atoms with Gasteiger partial charge >= 0.3 is 0 Å². The number of morpholine rings is 1. The molecule has 0 saturated carbocycles. The lowest BCUT2D eigenvalue weighted by Gasteiger charge is -2.36. The number of rotatable bonds is 4. The van der Waals surface area contributed by atoms with Crippen LogP contribution in [0, 0.1) is 0 Å². The molecule has 1 aromatic rings. The van der Waals surface area contributed by atoms with E-state index in [1.54, 1.807) is 29.2 Å². The number of Topliss-reactive ketones (excluding diaryl/α,β-unsaturated/α-hetero) is 1. The molecule has 0 radical (unpaired) electrons. The molecule has 0 spiro atoms. The first kappa shape index (κ1) is 19.0. The van der Waals surface area contributed by atoms with E-state index >= 15 is 0 Å². The number of hydrogen-bond donors (Lipinski definition) is 0. The highest BCUT2D eigenvalue weighted by molar-refractivity contribution is 7.89. The first-order chi connectivity index (χ1) is 12.4. The van der Waals surface area contributed by atoms with E-state index < -0.39 is 15.3 Å². The molecular formula is C18H24N2O5S. The first-order valence-electron chi connectivity index (χ1n) is 8.86. The normalized spacial score (nSPS) is 22.2. The molecule has 142 valence electrons. The van der Waals surface area contributed by atoms with Crippen molar-refractivity contribution in [2.45, 2.75) is 25.0 Å². The monoisotopic (exact) mass is 380 g/mol. The number of likely N-dealkylation sites (tertiary alicyclic amines) is 1. The van der Waals surface area contributed by atoms with Gasteiger partial charge in [-0.25, -0.2) is 8.42 Å². The number of hydrogen-bond acceptors (Lipinski definition) is 5. The Morgan fingerprint density at radius 2 is 1.65 bits per heavy atom. The third-order valence-electron chi connectivity index (χ3n) is 4.95. The maximum Gasteiger partial charge on any atom is 0.253 e. The summed E-state index contributed by atoms with van der Waals surface area (Å²) < 4.78 is 32.4. The number of carbonyl (C=O) groups excluding carboxylic acids is 2. The predicted molar refractivity (Wildman–Crippen MR) is 96.7 cm³/mol. The van der Waals surface area contributed by atoms with E-state index in [2.05, 4.69) is 0 Å². The fourth-order valence-electron chi connectivity index (χ4n) is 3.41. The molecule has 0 N–H and O–H groups in total. The number of piperidine rings is 1. The average molecular weight is 380 g/mol. The van der Waals surface area contributed by atoms with E-state index in [0.29, 0.717) is 56.8 Å². The van der Waals surface area contributed by atoms with Crippen LogP contribution in [0.25, 0.3) is 0 Å². The van der Waals surface area contributed by atoms with Crippen molar-refractivity contribution in [2.75, 3.05) is 39.4 Å². The minimum Gasteiger partial charge on any atom is -0.379 e. The van der Waals surface area contributed by atoms with Crippen LogP contribution in [0.15, 0.2) is 24.3 Å². The SMILES string of the molecule is CC(=O)c1ccc(C(=O)N2CCC[C@H](S(=O)(=O)N3CCOCC3)C2)cc1. The van der Waals surface area contributed by atoms with Crippen LogP contribution in [-0.2, 0) is 14.8 Å². The highest BCUT2D eigenvalue weighted by Gasteiger charge is 2.37. The van der Waals surface area contributed by atoms with Crippen LogP contribution < -0.4 is 0 Å². The Bertz CT molecular complexity index is 769. The van der Waals surface area contributed by atoms with Crippen molar-refractivity contribution in [3.05, 3.63) is 35.4 Å². The second-order valence-corrected chi connectivity index (χ2v) is 8.92. The maximum atomic E-state index is 12.9. The third-order valence-corrected chi connectivity index (χ3v) is 7.27. The molecule has 2 saturated heterocycles. The highest BCUT2D eigenvalue weighted by atomic mass is 32.2. The van der Waals surface area contributed by atoms with Crippen molar-refractivity contribution in [3.63, 3.8) is 0 Å². The van der Waals surface area contributed by atoms with Crippen LogP contribution >= 0.6 is 0 Å². The van der Waals surface area contributed by atoms with E-state index in [0.717, 1.165) is 0 Å². The topological polar surface area (TPSA) is 84.0 Å².